The van der Waals surface area contributed by atoms with Crippen LogP contribution in [0.4, 0.5) is 0 Å². The number of carbonyl (C=O) groups excluding carboxylic acids is 3. The minimum absolute atomic E-state index is 0.0000940. The quantitative estimate of drug-likeness (QED) is 0.606. The van der Waals surface area contributed by atoms with Gasteiger partial charge in [-0.2, -0.15) is 0 Å². The Hall–Kier alpha value is -1.79. The standard InChI is InChI=1S/C26H34O6/c1-23(2)17-12-19(29)26(5)16(25(17,4)9-7-18(23)28)6-8-24(3)14(11-15(27)21(24)26)13-10-20(30)32-22(13)31/h7,9-10,14,16-17,19-21,29-30H,6,8,11-12H2,1-5H3. The fourth-order valence-corrected chi connectivity index (χ4v) is 8.95. The monoisotopic (exact) mass is 442 g/mol. The van der Waals surface area contributed by atoms with Crippen LogP contribution in [0.3, 0.4) is 0 Å². The maximum atomic E-state index is 13.6. The van der Waals surface area contributed by atoms with Crippen molar-refractivity contribution in [2.24, 2.45) is 45.3 Å². The summed E-state index contributed by atoms with van der Waals surface area (Å²) in [5.74, 6) is -1.04. The average Bonchev–Trinajstić information content (AvgIpc) is 3.16. The maximum absolute atomic E-state index is 13.6. The fourth-order valence-electron chi connectivity index (χ4n) is 8.95. The van der Waals surface area contributed by atoms with Gasteiger partial charge < -0.3 is 14.9 Å². The first-order chi connectivity index (χ1) is 14.8. The number of esters is 1. The zero-order chi connectivity index (χ0) is 23.4. The van der Waals surface area contributed by atoms with E-state index in [9.17, 15) is 24.6 Å². The van der Waals surface area contributed by atoms with Gasteiger partial charge >= 0.3 is 5.97 Å². The van der Waals surface area contributed by atoms with Gasteiger partial charge in [-0.1, -0.05) is 40.7 Å². The van der Waals surface area contributed by atoms with E-state index in [0.717, 1.165) is 12.8 Å². The largest absolute Gasteiger partial charge is 0.429 e. The number of carbonyl (C=O) groups is 3. The van der Waals surface area contributed by atoms with Gasteiger partial charge in [0.25, 0.3) is 0 Å². The van der Waals surface area contributed by atoms with Crippen molar-refractivity contribution in [3.05, 3.63) is 23.8 Å². The molecule has 1 aliphatic heterocycles. The highest BCUT2D eigenvalue weighted by molar-refractivity contribution is 5.96. The van der Waals surface area contributed by atoms with Crippen LogP contribution in [0, 0.1) is 45.3 Å². The number of Topliss-reactive ketones (excluding diaryl/α,β-unsaturated/α-hetero) is 1. The summed E-state index contributed by atoms with van der Waals surface area (Å²) in [5.41, 5.74) is -1.62. The molecule has 5 aliphatic rings. The van der Waals surface area contributed by atoms with Crippen LogP contribution >= 0.6 is 0 Å². The highest BCUT2D eigenvalue weighted by Gasteiger charge is 2.72. The number of aliphatic hydroxyl groups is 2. The first-order valence-corrected chi connectivity index (χ1v) is 11.8. The smallest absolute Gasteiger partial charge is 0.336 e. The number of hydrogen-bond acceptors (Lipinski definition) is 6. The third kappa shape index (κ3) is 2.46. The number of ether oxygens (including phenoxy) is 1. The van der Waals surface area contributed by atoms with Crippen molar-refractivity contribution in [3.8, 4) is 0 Å². The zero-order valence-electron chi connectivity index (χ0n) is 19.6. The SMILES string of the molecule is CC1(C)C(=O)C=CC2(C)C1CC(O)C1(C)C2CCC2(C)C(C3=CC(O)OC3=O)CC(=O)C21. The van der Waals surface area contributed by atoms with E-state index in [1.54, 1.807) is 6.08 Å². The number of hydrogen-bond donors (Lipinski definition) is 2. The molecule has 2 N–H and O–H groups in total. The first kappa shape index (κ1) is 22.0. The molecule has 0 spiro atoms. The van der Waals surface area contributed by atoms with Crippen molar-refractivity contribution >= 4 is 17.5 Å². The molecule has 6 nitrogen and oxygen atoms in total. The number of ketones is 2. The lowest BCUT2D eigenvalue weighted by atomic mass is 9.37. The van der Waals surface area contributed by atoms with E-state index >= 15 is 0 Å². The van der Waals surface area contributed by atoms with Gasteiger partial charge in [-0.05, 0) is 54.1 Å². The van der Waals surface area contributed by atoms with Crippen molar-refractivity contribution < 1.29 is 29.3 Å². The molecule has 0 aromatic rings. The average molecular weight is 443 g/mol. The summed E-state index contributed by atoms with van der Waals surface area (Å²) in [7, 11) is 0. The van der Waals surface area contributed by atoms with Crippen LogP contribution in [-0.2, 0) is 19.1 Å². The normalized spacial score (nSPS) is 51.6. The Morgan fingerprint density at radius 1 is 1.03 bits per heavy atom. The van der Waals surface area contributed by atoms with Gasteiger partial charge in [0.05, 0.1) is 6.10 Å². The van der Waals surface area contributed by atoms with E-state index in [4.69, 9.17) is 4.74 Å². The van der Waals surface area contributed by atoms with Gasteiger partial charge in [0.1, 0.15) is 5.78 Å². The molecule has 6 heteroatoms. The Morgan fingerprint density at radius 2 is 1.72 bits per heavy atom. The first-order valence-electron chi connectivity index (χ1n) is 11.8. The molecule has 0 radical (unpaired) electrons. The number of fused-ring (bicyclic) bond motifs is 5. The van der Waals surface area contributed by atoms with Crippen LogP contribution in [0.5, 0.6) is 0 Å². The second kappa shape index (κ2) is 6.41. The van der Waals surface area contributed by atoms with Gasteiger partial charge in [-0.25, -0.2) is 4.79 Å². The van der Waals surface area contributed by atoms with E-state index in [1.807, 2.05) is 19.9 Å². The molecule has 5 rings (SSSR count). The number of allylic oxidation sites excluding steroid dienone is 2. The lowest BCUT2D eigenvalue weighted by Gasteiger charge is -2.67. The van der Waals surface area contributed by atoms with Crippen molar-refractivity contribution in [3.63, 3.8) is 0 Å². The molecule has 3 saturated carbocycles. The fraction of sp³-hybridized carbons (Fsp3) is 0.731. The van der Waals surface area contributed by atoms with Crippen LogP contribution in [0.15, 0.2) is 23.8 Å². The summed E-state index contributed by atoms with van der Waals surface area (Å²) >= 11 is 0. The van der Waals surface area contributed by atoms with E-state index in [1.165, 1.54) is 6.08 Å². The molecular formula is C26H34O6. The molecule has 0 saturated heterocycles. The summed E-state index contributed by atoms with van der Waals surface area (Å²) in [6.07, 6.45) is 5.47. The Bertz CT molecular complexity index is 977. The van der Waals surface area contributed by atoms with Crippen LogP contribution in [0.25, 0.3) is 0 Å². The van der Waals surface area contributed by atoms with Crippen molar-refractivity contribution in [2.45, 2.75) is 72.7 Å². The minimum atomic E-state index is -1.26. The number of cyclic esters (lactones) is 1. The molecule has 4 aliphatic carbocycles. The number of aliphatic hydroxyl groups excluding tert-OH is 2. The molecule has 0 amide bonds. The molecule has 174 valence electrons. The molecule has 0 bridgehead atoms. The summed E-state index contributed by atoms with van der Waals surface area (Å²) in [6.45, 7) is 10.3. The summed E-state index contributed by atoms with van der Waals surface area (Å²) in [4.78, 5) is 38.7. The van der Waals surface area contributed by atoms with Crippen LogP contribution < -0.4 is 0 Å². The Labute approximate surface area is 189 Å². The van der Waals surface area contributed by atoms with Gasteiger partial charge in [0.15, 0.2) is 5.78 Å². The number of rotatable bonds is 1. The molecule has 9 atom stereocenters. The van der Waals surface area contributed by atoms with Crippen LogP contribution in [0.1, 0.15) is 60.3 Å². The molecule has 0 aromatic heterocycles. The topological polar surface area (TPSA) is 101 Å². The van der Waals surface area contributed by atoms with Gasteiger partial charge in [-0.15, -0.1) is 0 Å². The van der Waals surface area contributed by atoms with E-state index in [0.29, 0.717) is 12.0 Å². The molecular weight excluding hydrogens is 408 g/mol. The highest BCUT2D eigenvalue weighted by atomic mass is 16.6. The third-order valence-corrected chi connectivity index (χ3v) is 10.5. The van der Waals surface area contributed by atoms with E-state index in [2.05, 4.69) is 20.8 Å². The molecule has 32 heavy (non-hydrogen) atoms. The predicted octanol–water partition coefficient (Wildman–Crippen LogP) is 2.97. The lowest BCUT2D eigenvalue weighted by Crippen LogP contribution is -2.66. The van der Waals surface area contributed by atoms with Crippen LogP contribution in [0.2, 0.25) is 0 Å². The highest BCUT2D eigenvalue weighted by Crippen LogP contribution is 2.72. The lowest BCUT2D eigenvalue weighted by molar-refractivity contribution is -0.210. The van der Waals surface area contributed by atoms with Crippen LogP contribution in [-0.4, -0.2) is 40.1 Å². The van der Waals surface area contributed by atoms with E-state index in [-0.39, 0.29) is 41.2 Å². The summed E-state index contributed by atoms with van der Waals surface area (Å²) < 4.78 is 4.94. The Morgan fingerprint density at radius 3 is 2.34 bits per heavy atom. The third-order valence-electron chi connectivity index (χ3n) is 10.5. The summed E-state index contributed by atoms with van der Waals surface area (Å²) in [5, 5.41) is 21.4. The van der Waals surface area contributed by atoms with Gasteiger partial charge in [0.2, 0.25) is 6.29 Å². The Balaban J connectivity index is 1.60. The minimum Gasteiger partial charge on any atom is -0.429 e. The second-order valence-corrected chi connectivity index (χ2v) is 12.1. The van der Waals surface area contributed by atoms with Crippen molar-refractivity contribution in [1.29, 1.82) is 0 Å². The molecule has 3 fully saturated rings. The predicted molar refractivity (Wildman–Crippen MR) is 116 cm³/mol. The van der Waals surface area contributed by atoms with E-state index < -0.39 is 40.5 Å². The van der Waals surface area contributed by atoms with Crippen molar-refractivity contribution in [2.75, 3.05) is 0 Å². The molecule has 9 unspecified atom stereocenters. The van der Waals surface area contributed by atoms with Gasteiger partial charge in [0, 0.05) is 34.7 Å². The van der Waals surface area contributed by atoms with Gasteiger partial charge in [-0.3, -0.25) is 9.59 Å². The maximum Gasteiger partial charge on any atom is 0.336 e. The Kier molecular flexibility index (Phi) is 4.41. The zero-order valence-corrected chi connectivity index (χ0v) is 19.6. The molecule has 1 heterocycles. The molecule has 0 aromatic carbocycles. The second-order valence-electron chi connectivity index (χ2n) is 12.1. The van der Waals surface area contributed by atoms with Crippen molar-refractivity contribution in [1.82, 2.24) is 0 Å². The summed E-state index contributed by atoms with van der Waals surface area (Å²) in [6, 6.07) is 0.